The van der Waals surface area contributed by atoms with Crippen LogP contribution in [0.4, 0.5) is 11.4 Å². The molecule has 4 aromatic carbocycles. The Morgan fingerprint density at radius 1 is 0.738 bits per heavy atom. The first-order chi connectivity index (χ1) is 19.3. The average molecular weight is 618 g/mol. The van der Waals surface area contributed by atoms with Crippen molar-refractivity contribution in [2.45, 2.75) is 20.8 Å². The van der Waals surface area contributed by atoms with Gasteiger partial charge in [-0.2, -0.15) is 0 Å². The number of benzene rings is 4. The molecule has 0 aromatic heterocycles. The smallest absolute Gasteiger partial charge is 0.545 e. The van der Waals surface area contributed by atoms with E-state index >= 15 is 0 Å². The van der Waals surface area contributed by atoms with Gasteiger partial charge in [0, 0.05) is 11.3 Å². The number of aromatic carboxylic acids is 1. The van der Waals surface area contributed by atoms with Crippen molar-refractivity contribution in [1.82, 2.24) is 0 Å². The van der Waals surface area contributed by atoms with Gasteiger partial charge in [-0.1, -0.05) is 47.5 Å². The number of para-hydroxylation sites is 1. The Morgan fingerprint density at radius 2 is 1.21 bits per heavy atom. The molecule has 12 heteroatoms. The Balaban J connectivity index is 0.000000228. The number of aromatic hydroxyl groups is 4. The number of carboxylic acid groups (broad SMARTS) is 1. The zero-order valence-corrected chi connectivity index (χ0v) is 26.3. The summed E-state index contributed by atoms with van der Waals surface area (Å²) in [7, 11) is 0. The second-order valence-corrected chi connectivity index (χ2v) is 10.1. The van der Waals surface area contributed by atoms with E-state index < -0.39 is 40.5 Å². The molecule has 0 atom stereocenters. The molecule has 0 saturated carbocycles. The number of carboxylic acids is 1. The molecule has 0 saturated heterocycles. The molecular weight excluding hydrogens is 596 g/mol. The van der Waals surface area contributed by atoms with Gasteiger partial charge in [0.25, 0.3) is 0 Å². The standard InChI is InChI=1S/C16H12O6.C14H11Cl2NO2.Na/c1-5-3-7(17)9-11(13(5)19)15(21)10-8(18)4-6(2)14(20)12(10)16(9)22;1-8-6-7-10(15)13(12(8)16)17-11-5-3-2-4-9(11)14(18)19;/h3-4,17-20H,1-2H3;2-7,17H,1H3,(H,18,19);/q;;+1/p-1. The van der Waals surface area contributed by atoms with E-state index in [4.69, 9.17) is 23.2 Å². The average Bonchev–Trinajstić information content (AvgIpc) is 2.92. The second kappa shape index (κ2) is 12.6. The SMILES string of the molecule is Cc1cc(O)c2c(c1O)C(=O)c1c(O)cc(C)c(O)c1C2=O.Cc1ccc(Cl)c(Nc2ccccc2C(=O)[O-])c1Cl.[Na+]. The molecule has 1 aliphatic rings. The van der Waals surface area contributed by atoms with Crippen molar-refractivity contribution in [1.29, 1.82) is 0 Å². The van der Waals surface area contributed by atoms with Gasteiger partial charge in [0.1, 0.15) is 23.0 Å². The van der Waals surface area contributed by atoms with E-state index in [9.17, 15) is 39.9 Å². The van der Waals surface area contributed by atoms with E-state index in [0.29, 0.717) is 21.4 Å². The summed E-state index contributed by atoms with van der Waals surface area (Å²) in [6.07, 6.45) is 0. The summed E-state index contributed by atoms with van der Waals surface area (Å²) < 4.78 is 0. The largest absolute Gasteiger partial charge is 1.00 e. The summed E-state index contributed by atoms with van der Waals surface area (Å²) in [6, 6.07) is 12.2. The zero-order chi connectivity index (χ0) is 30.3. The predicted octanol–water partition coefficient (Wildman–Crippen LogP) is 2.31. The van der Waals surface area contributed by atoms with Crippen molar-refractivity contribution in [3.8, 4) is 23.0 Å². The monoisotopic (exact) mass is 617 g/mol. The minimum absolute atomic E-state index is 0. The maximum Gasteiger partial charge on any atom is 1.00 e. The van der Waals surface area contributed by atoms with Crippen molar-refractivity contribution >= 4 is 52.1 Å². The number of hydrogen-bond donors (Lipinski definition) is 5. The summed E-state index contributed by atoms with van der Waals surface area (Å²) in [5.41, 5.74) is 0.724. The number of hydrogen-bond acceptors (Lipinski definition) is 9. The number of nitrogens with one attached hydrogen (secondary N) is 1. The van der Waals surface area contributed by atoms with E-state index in [1.54, 1.807) is 30.3 Å². The molecule has 4 aromatic rings. The second-order valence-electron chi connectivity index (χ2n) is 9.29. The maximum atomic E-state index is 12.6. The molecule has 0 spiro atoms. The van der Waals surface area contributed by atoms with Gasteiger partial charge < -0.3 is 35.6 Å². The van der Waals surface area contributed by atoms with E-state index in [2.05, 4.69) is 5.32 Å². The number of carbonyl (C=O) groups is 3. The third kappa shape index (κ3) is 5.79. The topological polar surface area (TPSA) is 167 Å². The van der Waals surface area contributed by atoms with Crippen LogP contribution in [0.5, 0.6) is 23.0 Å². The van der Waals surface area contributed by atoms with E-state index in [1.165, 1.54) is 19.9 Å². The van der Waals surface area contributed by atoms with Gasteiger partial charge in [-0.15, -0.1) is 0 Å². The molecule has 0 radical (unpaired) electrons. The number of rotatable bonds is 3. The fourth-order valence-electron chi connectivity index (χ4n) is 4.41. The van der Waals surface area contributed by atoms with Gasteiger partial charge >= 0.3 is 29.6 Å². The molecule has 210 valence electrons. The Kier molecular flexibility index (Phi) is 9.87. The number of aryl methyl sites for hydroxylation is 3. The molecule has 42 heavy (non-hydrogen) atoms. The third-order valence-electron chi connectivity index (χ3n) is 6.54. The van der Waals surface area contributed by atoms with E-state index in [-0.39, 0.29) is 68.5 Å². The first-order valence-corrected chi connectivity index (χ1v) is 12.7. The van der Waals surface area contributed by atoms with Gasteiger partial charge in [0.05, 0.1) is 44.0 Å². The van der Waals surface area contributed by atoms with Gasteiger partial charge in [-0.25, -0.2) is 0 Å². The van der Waals surface area contributed by atoms with Crippen LogP contribution in [-0.2, 0) is 0 Å². The summed E-state index contributed by atoms with van der Waals surface area (Å²) in [4.78, 5) is 36.2. The Labute approximate surface area is 272 Å². The minimum atomic E-state index is -1.26. The Morgan fingerprint density at radius 3 is 1.69 bits per heavy atom. The van der Waals surface area contributed by atoms with Crippen LogP contribution in [0.25, 0.3) is 0 Å². The van der Waals surface area contributed by atoms with Crippen molar-refractivity contribution in [2.75, 3.05) is 5.32 Å². The number of ketones is 2. The molecule has 0 fully saturated rings. The van der Waals surface area contributed by atoms with Crippen LogP contribution in [0.1, 0.15) is 58.9 Å². The molecule has 5 N–H and O–H groups in total. The van der Waals surface area contributed by atoms with Crippen LogP contribution >= 0.6 is 23.2 Å². The van der Waals surface area contributed by atoms with Crippen LogP contribution < -0.4 is 40.0 Å². The molecule has 5 rings (SSSR count). The summed E-state index contributed by atoms with van der Waals surface area (Å²) >= 11 is 12.2. The molecule has 0 amide bonds. The van der Waals surface area contributed by atoms with Crippen molar-refractivity contribution in [2.24, 2.45) is 0 Å². The summed E-state index contributed by atoms with van der Waals surface area (Å²) in [5, 5.41) is 54.9. The summed E-state index contributed by atoms with van der Waals surface area (Å²) in [5.74, 6) is -4.71. The fourth-order valence-corrected chi connectivity index (χ4v) is 4.87. The minimum Gasteiger partial charge on any atom is -0.545 e. The zero-order valence-electron chi connectivity index (χ0n) is 22.8. The number of phenols is 4. The van der Waals surface area contributed by atoms with Gasteiger partial charge in [-0.05, 0) is 61.7 Å². The van der Waals surface area contributed by atoms with Gasteiger partial charge in [-0.3, -0.25) is 9.59 Å². The molecule has 1 aliphatic carbocycles. The fraction of sp³-hybridized carbons (Fsp3) is 0.100. The van der Waals surface area contributed by atoms with Crippen LogP contribution in [0.3, 0.4) is 0 Å². The normalized spacial score (nSPS) is 11.5. The van der Waals surface area contributed by atoms with Crippen molar-refractivity contribution < 1.29 is 69.5 Å². The van der Waals surface area contributed by atoms with Crippen LogP contribution in [0.15, 0.2) is 48.5 Å². The van der Waals surface area contributed by atoms with Gasteiger partial charge in [0.15, 0.2) is 0 Å². The first kappa shape index (κ1) is 32.8. The Bertz CT molecular complexity index is 1720. The van der Waals surface area contributed by atoms with Crippen LogP contribution in [-0.4, -0.2) is 38.0 Å². The van der Waals surface area contributed by atoms with Crippen molar-refractivity contribution in [3.63, 3.8) is 0 Å². The molecule has 0 aliphatic heterocycles. The first-order valence-electron chi connectivity index (χ1n) is 12.0. The van der Waals surface area contributed by atoms with Gasteiger partial charge in [0.2, 0.25) is 11.6 Å². The third-order valence-corrected chi connectivity index (χ3v) is 7.34. The van der Waals surface area contributed by atoms with E-state index in [1.807, 2.05) is 6.92 Å². The van der Waals surface area contributed by atoms with Crippen LogP contribution in [0.2, 0.25) is 10.0 Å². The number of fused-ring (bicyclic) bond motifs is 2. The number of phenolic OH excluding ortho intramolecular Hbond substituents is 4. The van der Waals surface area contributed by atoms with E-state index in [0.717, 1.165) is 17.7 Å². The molecule has 0 unspecified atom stereocenters. The molecule has 0 bridgehead atoms. The Hall–Kier alpha value is -3.73. The number of halogens is 2. The summed E-state index contributed by atoms with van der Waals surface area (Å²) in [6.45, 7) is 4.78. The van der Waals surface area contributed by atoms with Crippen molar-refractivity contribution in [3.05, 3.63) is 103 Å². The predicted molar refractivity (Wildman–Crippen MR) is 151 cm³/mol. The number of carbonyl (C=O) groups excluding carboxylic acids is 3. The molecule has 0 heterocycles. The molecule has 9 nitrogen and oxygen atoms in total. The quantitative estimate of drug-likeness (QED) is 0.151. The maximum absolute atomic E-state index is 12.6. The van der Waals surface area contributed by atoms with Crippen LogP contribution in [0, 0.1) is 20.8 Å². The number of anilines is 2. The molecular formula is C30H22Cl2NNaO8.